The summed E-state index contributed by atoms with van der Waals surface area (Å²) in [5.74, 6) is -0.128. The molecule has 0 unspecified atom stereocenters. The molecule has 1 saturated heterocycles. The fraction of sp³-hybridized carbons (Fsp3) is 0.381. The van der Waals surface area contributed by atoms with Crippen LogP contribution >= 0.6 is 11.6 Å². The lowest BCUT2D eigenvalue weighted by atomic mass is 10.1. The second-order valence-corrected chi connectivity index (χ2v) is 7.22. The van der Waals surface area contributed by atoms with Crippen LogP contribution in [-0.2, 0) is 11.2 Å². The zero-order valence-corrected chi connectivity index (χ0v) is 16.1. The van der Waals surface area contributed by atoms with E-state index in [0.717, 1.165) is 55.4 Å². The van der Waals surface area contributed by atoms with Gasteiger partial charge in [0.05, 0.1) is 0 Å². The van der Waals surface area contributed by atoms with Gasteiger partial charge in [0.15, 0.2) is 0 Å². The van der Waals surface area contributed by atoms with Gasteiger partial charge in [-0.1, -0.05) is 23.7 Å². The third-order valence-electron chi connectivity index (χ3n) is 4.84. The topological polar surface area (TPSA) is 35.6 Å². The fourth-order valence-electron chi connectivity index (χ4n) is 3.27. The first-order valence-corrected chi connectivity index (χ1v) is 9.72. The zero-order valence-electron chi connectivity index (χ0n) is 15.3. The van der Waals surface area contributed by atoms with Crippen molar-refractivity contribution in [1.29, 1.82) is 0 Å². The predicted octanol–water partition coefficient (Wildman–Crippen LogP) is 3.35. The van der Waals surface area contributed by atoms with Gasteiger partial charge in [0.25, 0.3) is 0 Å². The Morgan fingerprint density at radius 3 is 2.52 bits per heavy atom. The number of hydrogen-bond acceptors (Lipinski definition) is 3. The molecule has 1 heterocycles. The molecule has 0 spiro atoms. The monoisotopic (exact) mass is 389 g/mol. The lowest BCUT2D eigenvalue weighted by Crippen LogP contribution is -2.47. The van der Waals surface area contributed by atoms with Crippen molar-refractivity contribution in [2.45, 2.75) is 12.8 Å². The number of nitrogens with one attached hydrogen (secondary N) is 1. The molecule has 1 fully saturated rings. The molecule has 0 aromatic heterocycles. The number of benzene rings is 2. The van der Waals surface area contributed by atoms with E-state index in [4.69, 9.17) is 11.6 Å². The van der Waals surface area contributed by atoms with Gasteiger partial charge in [-0.2, -0.15) is 0 Å². The van der Waals surface area contributed by atoms with E-state index in [2.05, 4.69) is 15.1 Å². The van der Waals surface area contributed by atoms with Crippen molar-refractivity contribution in [2.75, 3.05) is 44.2 Å². The maximum atomic E-state index is 13.0. The number of rotatable bonds is 7. The Balaban J connectivity index is 1.32. The van der Waals surface area contributed by atoms with Crippen molar-refractivity contribution >= 4 is 23.2 Å². The van der Waals surface area contributed by atoms with Gasteiger partial charge in [-0.05, 0) is 48.4 Å². The molecular formula is C21H25ClFN3O. The van der Waals surface area contributed by atoms with E-state index >= 15 is 0 Å². The maximum Gasteiger partial charge on any atom is 0.221 e. The summed E-state index contributed by atoms with van der Waals surface area (Å²) in [6.07, 6.45) is 1.29. The van der Waals surface area contributed by atoms with E-state index in [0.29, 0.717) is 13.0 Å². The van der Waals surface area contributed by atoms with Crippen LogP contribution in [0.2, 0.25) is 5.02 Å². The number of piperazine rings is 1. The van der Waals surface area contributed by atoms with Gasteiger partial charge in [0.1, 0.15) is 5.82 Å². The van der Waals surface area contributed by atoms with Gasteiger partial charge in [-0.15, -0.1) is 0 Å². The highest BCUT2D eigenvalue weighted by molar-refractivity contribution is 6.30. The number of hydrogen-bond donors (Lipinski definition) is 1. The van der Waals surface area contributed by atoms with Crippen LogP contribution in [0.25, 0.3) is 0 Å². The van der Waals surface area contributed by atoms with Crippen LogP contribution in [0.1, 0.15) is 12.0 Å². The molecule has 1 aliphatic heterocycles. The molecule has 6 heteroatoms. The Morgan fingerprint density at radius 1 is 1.07 bits per heavy atom. The Bertz CT molecular complexity index is 745. The number of carbonyl (C=O) groups excluding carboxylic acids is 1. The highest BCUT2D eigenvalue weighted by Gasteiger charge is 2.17. The quantitative estimate of drug-likeness (QED) is 0.788. The van der Waals surface area contributed by atoms with Crippen molar-refractivity contribution in [3.05, 3.63) is 64.9 Å². The number of carbonyl (C=O) groups is 1. The van der Waals surface area contributed by atoms with Crippen molar-refractivity contribution < 1.29 is 9.18 Å². The lowest BCUT2D eigenvalue weighted by molar-refractivity contribution is -0.121. The van der Waals surface area contributed by atoms with Crippen molar-refractivity contribution in [3.8, 4) is 0 Å². The SMILES string of the molecule is O=C(CCN1CCN(c2ccc(F)cc2)CC1)NCCc1cccc(Cl)c1. The van der Waals surface area contributed by atoms with Gasteiger partial charge < -0.3 is 10.2 Å². The number of anilines is 1. The molecule has 1 aliphatic rings. The van der Waals surface area contributed by atoms with Crippen LogP contribution in [0.3, 0.4) is 0 Å². The predicted molar refractivity (Wildman–Crippen MR) is 108 cm³/mol. The zero-order chi connectivity index (χ0) is 19.1. The summed E-state index contributed by atoms with van der Waals surface area (Å²) in [6.45, 7) is 4.99. The minimum atomic E-state index is -0.209. The van der Waals surface area contributed by atoms with Gasteiger partial charge in [-0.3, -0.25) is 9.69 Å². The second-order valence-electron chi connectivity index (χ2n) is 6.78. The van der Waals surface area contributed by atoms with Gasteiger partial charge in [0, 0.05) is 56.4 Å². The summed E-state index contributed by atoms with van der Waals surface area (Å²) in [5, 5.41) is 3.70. The molecule has 2 aromatic rings. The van der Waals surface area contributed by atoms with Crippen molar-refractivity contribution in [3.63, 3.8) is 0 Å². The number of amides is 1. The number of halogens is 2. The molecule has 2 aromatic carbocycles. The molecule has 4 nitrogen and oxygen atoms in total. The van der Waals surface area contributed by atoms with Gasteiger partial charge in [-0.25, -0.2) is 4.39 Å². The Labute approximate surface area is 164 Å². The molecular weight excluding hydrogens is 365 g/mol. The van der Waals surface area contributed by atoms with Gasteiger partial charge in [0.2, 0.25) is 5.91 Å². The Kier molecular flexibility index (Phi) is 7.07. The van der Waals surface area contributed by atoms with Crippen molar-refractivity contribution in [1.82, 2.24) is 10.2 Å². The van der Waals surface area contributed by atoms with Crippen LogP contribution in [0.5, 0.6) is 0 Å². The largest absolute Gasteiger partial charge is 0.369 e. The minimum Gasteiger partial charge on any atom is -0.369 e. The van der Waals surface area contributed by atoms with E-state index in [1.54, 1.807) is 0 Å². The molecule has 1 amide bonds. The molecule has 0 saturated carbocycles. The van der Waals surface area contributed by atoms with E-state index in [1.165, 1.54) is 12.1 Å². The van der Waals surface area contributed by atoms with Crippen LogP contribution in [0, 0.1) is 5.82 Å². The summed E-state index contributed by atoms with van der Waals surface area (Å²) < 4.78 is 13.0. The first-order valence-electron chi connectivity index (χ1n) is 9.34. The maximum absolute atomic E-state index is 13.0. The average Bonchev–Trinajstić information content (AvgIpc) is 2.68. The summed E-state index contributed by atoms with van der Waals surface area (Å²) in [5.41, 5.74) is 2.18. The Morgan fingerprint density at radius 2 is 1.81 bits per heavy atom. The molecule has 3 rings (SSSR count). The van der Waals surface area contributed by atoms with Crippen molar-refractivity contribution in [2.24, 2.45) is 0 Å². The number of nitrogens with zero attached hydrogens (tertiary/aromatic N) is 2. The van der Waals surface area contributed by atoms with E-state index in [9.17, 15) is 9.18 Å². The summed E-state index contributed by atoms with van der Waals surface area (Å²) in [6, 6.07) is 14.3. The second kappa shape index (κ2) is 9.72. The average molecular weight is 390 g/mol. The summed E-state index contributed by atoms with van der Waals surface area (Å²) in [7, 11) is 0. The lowest BCUT2D eigenvalue weighted by Gasteiger charge is -2.36. The fourth-order valence-corrected chi connectivity index (χ4v) is 3.48. The van der Waals surface area contributed by atoms with Crippen LogP contribution in [0.15, 0.2) is 48.5 Å². The molecule has 1 N–H and O–H groups in total. The van der Waals surface area contributed by atoms with Crippen LogP contribution in [-0.4, -0.2) is 50.1 Å². The molecule has 27 heavy (non-hydrogen) atoms. The smallest absolute Gasteiger partial charge is 0.221 e. The first kappa shape index (κ1) is 19.6. The van der Waals surface area contributed by atoms with Crippen LogP contribution in [0.4, 0.5) is 10.1 Å². The highest BCUT2D eigenvalue weighted by Crippen LogP contribution is 2.17. The summed E-state index contributed by atoms with van der Waals surface area (Å²) >= 11 is 5.97. The van der Waals surface area contributed by atoms with Crippen LogP contribution < -0.4 is 10.2 Å². The first-order chi connectivity index (χ1) is 13.1. The Hall–Kier alpha value is -2.11. The van der Waals surface area contributed by atoms with E-state index in [-0.39, 0.29) is 11.7 Å². The molecule has 0 bridgehead atoms. The summed E-state index contributed by atoms with van der Waals surface area (Å²) in [4.78, 5) is 16.6. The molecule has 0 atom stereocenters. The normalized spacial score (nSPS) is 15.0. The minimum absolute atomic E-state index is 0.0815. The third-order valence-corrected chi connectivity index (χ3v) is 5.08. The standard InChI is InChI=1S/C21H25ClFN3O/c22-18-3-1-2-17(16-18)8-10-24-21(27)9-11-25-12-14-26(15-13-25)20-6-4-19(23)5-7-20/h1-7,16H,8-15H2,(H,24,27). The van der Waals surface area contributed by atoms with E-state index < -0.39 is 0 Å². The highest BCUT2D eigenvalue weighted by atomic mass is 35.5. The van der Waals surface area contributed by atoms with Gasteiger partial charge >= 0.3 is 0 Å². The molecule has 0 radical (unpaired) electrons. The van der Waals surface area contributed by atoms with E-state index in [1.807, 2.05) is 36.4 Å². The molecule has 144 valence electrons. The molecule has 0 aliphatic carbocycles. The third kappa shape index (κ3) is 6.22.